The van der Waals surface area contributed by atoms with Crippen molar-refractivity contribution in [2.75, 3.05) is 0 Å². The topological polar surface area (TPSA) is 42.9 Å². The van der Waals surface area contributed by atoms with Gasteiger partial charge in [-0.25, -0.2) is 14.2 Å². The highest BCUT2D eigenvalue weighted by Gasteiger charge is 2.14. The third-order valence-corrected chi connectivity index (χ3v) is 3.53. The number of aryl methyl sites for hydroxylation is 1. The lowest BCUT2D eigenvalue weighted by molar-refractivity contribution is 0.683. The van der Waals surface area contributed by atoms with Crippen molar-refractivity contribution in [3.63, 3.8) is 0 Å². The predicted octanol–water partition coefficient (Wildman–Crippen LogP) is 2.30. The monoisotopic (exact) mass is 222 g/mol. The van der Waals surface area contributed by atoms with Crippen LogP contribution in [0.25, 0.3) is 6.08 Å². The molecular weight excluding hydrogens is 208 g/mol. The lowest BCUT2D eigenvalue weighted by Crippen LogP contribution is -1.99. The minimum Gasteiger partial charge on any atom is -0.250 e. The van der Waals surface area contributed by atoms with Gasteiger partial charge >= 0.3 is 0 Å². The van der Waals surface area contributed by atoms with Crippen molar-refractivity contribution in [1.82, 2.24) is 9.97 Å². The molecule has 1 aromatic rings. The van der Waals surface area contributed by atoms with Gasteiger partial charge in [0.15, 0.2) is 0 Å². The van der Waals surface area contributed by atoms with E-state index in [9.17, 15) is 4.21 Å². The van der Waals surface area contributed by atoms with E-state index in [0.717, 1.165) is 29.3 Å². The van der Waals surface area contributed by atoms with E-state index in [1.165, 1.54) is 12.8 Å². The number of unbranched alkanes of at least 4 members (excludes halogenated alkanes) is 2. The lowest BCUT2D eigenvalue weighted by atomic mass is 10.2. The molecule has 0 fully saturated rings. The zero-order chi connectivity index (χ0) is 10.7. The van der Waals surface area contributed by atoms with E-state index >= 15 is 0 Å². The van der Waals surface area contributed by atoms with Crippen LogP contribution in [0.4, 0.5) is 0 Å². The molecule has 0 radical (unpaired) electrons. The fourth-order valence-corrected chi connectivity index (χ4v) is 2.43. The molecule has 1 aliphatic rings. The van der Waals surface area contributed by atoms with Crippen molar-refractivity contribution in [3.8, 4) is 0 Å². The first-order valence-electron chi connectivity index (χ1n) is 5.26. The number of rotatable bonds is 4. The van der Waals surface area contributed by atoms with Crippen LogP contribution < -0.4 is 0 Å². The van der Waals surface area contributed by atoms with Gasteiger partial charge in [0.1, 0.15) is 5.82 Å². The van der Waals surface area contributed by atoms with Crippen LogP contribution in [0.5, 0.6) is 0 Å². The summed E-state index contributed by atoms with van der Waals surface area (Å²) in [5.41, 5.74) is 0.829. The van der Waals surface area contributed by atoms with Crippen molar-refractivity contribution < 1.29 is 4.21 Å². The summed E-state index contributed by atoms with van der Waals surface area (Å²) in [6, 6.07) is 0. The molecule has 1 aliphatic heterocycles. The van der Waals surface area contributed by atoms with Crippen molar-refractivity contribution in [2.45, 2.75) is 37.5 Å². The highest BCUT2D eigenvalue weighted by atomic mass is 32.2. The summed E-state index contributed by atoms with van der Waals surface area (Å²) < 4.78 is 11.4. The zero-order valence-electron chi connectivity index (χ0n) is 8.77. The molecule has 0 aromatic carbocycles. The highest BCUT2D eigenvalue weighted by Crippen LogP contribution is 2.20. The Morgan fingerprint density at radius 2 is 2.27 bits per heavy atom. The van der Waals surface area contributed by atoms with Crippen LogP contribution in [0.2, 0.25) is 0 Å². The molecule has 0 N–H and O–H groups in total. The molecule has 15 heavy (non-hydrogen) atoms. The van der Waals surface area contributed by atoms with Crippen molar-refractivity contribution in [3.05, 3.63) is 23.1 Å². The Morgan fingerprint density at radius 3 is 3.07 bits per heavy atom. The summed E-state index contributed by atoms with van der Waals surface area (Å²) in [6.07, 6.45) is 7.97. The maximum Gasteiger partial charge on any atom is 0.129 e. The fraction of sp³-hybridized carbons (Fsp3) is 0.455. The van der Waals surface area contributed by atoms with Gasteiger partial charge in [-0.15, -0.1) is 0 Å². The average Bonchev–Trinajstić information content (AvgIpc) is 2.61. The minimum atomic E-state index is -1.02. The molecular formula is C11H14N2OS. The Kier molecular flexibility index (Phi) is 3.26. The summed E-state index contributed by atoms with van der Waals surface area (Å²) in [5.74, 6) is 0.866. The average molecular weight is 222 g/mol. The molecule has 1 atom stereocenters. The zero-order valence-corrected chi connectivity index (χ0v) is 9.59. The van der Waals surface area contributed by atoms with Gasteiger partial charge in [0, 0.05) is 18.0 Å². The number of fused-ring (bicyclic) bond motifs is 1. The summed E-state index contributed by atoms with van der Waals surface area (Å²) in [6.45, 7) is 2.18. The van der Waals surface area contributed by atoms with E-state index in [1.807, 2.05) is 6.08 Å². The smallest absolute Gasteiger partial charge is 0.129 e. The first kappa shape index (κ1) is 10.5. The third kappa shape index (κ3) is 2.31. The molecule has 1 unspecified atom stereocenters. The SMILES string of the molecule is CCCCCc1ncc2c(n1)C=CS2=O. The van der Waals surface area contributed by atoms with E-state index < -0.39 is 10.8 Å². The van der Waals surface area contributed by atoms with Crippen LogP contribution >= 0.6 is 0 Å². The van der Waals surface area contributed by atoms with Crippen LogP contribution in [0.15, 0.2) is 16.5 Å². The van der Waals surface area contributed by atoms with Gasteiger partial charge in [0.25, 0.3) is 0 Å². The molecule has 1 aromatic heterocycles. The quantitative estimate of drug-likeness (QED) is 0.734. The van der Waals surface area contributed by atoms with Crippen LogP contribution in [0.1, 0.15) is 37.7 Å². The van der Waals surface area contributed by atoms with Gasteiger partial charge in [0.2, 0.25) is 0 Å². The molecule has 4 heteroatoms. The maximum atomic E-state index is 11.4. The van der Waals surface area contributed by atoms with Gasteiger partial charge in [-0.1, -0.05) is 19.8 Å². The molecule has 0 aliphatic carbocycles. The molecule has 2 heterocycles. The molecule has 3 nitrogen and oxygen atoms in total. The Morgan fingerprint density at radius 1 is 1.40 bits per heavy atom. The van der Waals surface area contributed by atoms with Crippen LogP contribution in [0, 0.1) is 0 Å². The number of aromatic nitrogens is 2. The number of hydrogen-bond donors (Lipinski definition) is 0. The predicted molar refractivity (Wildman–Crippen MR) is 60.7 cm³/mol. The summed E-state index contributed by atoms with van der Waals surface area (Å²) >= 11 is 0. The Balaban J connectivity index is 2.09. The Bertz CT molecular complexity index is 415. The molecule has 80 valence electrons. The van der Waals surface area contributed by atoms with Crippen molar-refractivity contribution >= 4 is 16.9 Å². The van der Waals surface area contributed by atoms with E-state index in [2.05, 4.69) is 16.9 Å². The first-order valence-corrected chi connectivity index (χ1v) is 6.47. The van der Waals surface area contributed by atoms with Crippen LogP contribution in [0.3, 0.4) is 0 Å². The third-order valence-electron chi connectivity index (χ3n) is 2.40. The molecule has 0 spiro atoms. The number of hydrogen-bond acceptors (Lipinski definition) is 3. The fourth-order valence-electron chi connectivity index (χ4n) is 1.55. The Hall–Kier alpha value is -1.03. The summed E-state index contributed by atoms with van der Waals surface area (Å²) in [5, 5.41) is 1.66. The maximum absolute atomic E-state index is 11.4. The molecule has 0 saturated heterocycles. The van der Waals surface area contributed by atoms with E-state index in [-0.39, 0.29) is 0 Å². The second kappa shape index (κ2) is 4.66. The minimum absolute atomic E-state index is 0.745. The van der Waals surface area contributed by atoms with E-state index in [0.29, 0.717) is 0 Å². The van der Waals surface area contributed by atoms with Crippen LogP contribution in [-0.2, 0) is 17.2 Å². The summed E-state index contributed by atoms with van der Waals surface area (Å²) in [7, 11) is -1.02. The van der Waals surface area contributed by atoms with Crippen molar-refractivity contribution in [2.24, 2.45) is 0 Å². The molecule has 0 bridgehead atoms. The van der Waals surface area contributed by atoms with Gasteiger partial charge in [-0.2, -0.15) is 0 Å². The van der Waals surface area contributed by atoms with Crippen molar-refractivity contribution in [1.29, 1.82) is 0 Å². The second-order valence-corrected chi connectivity index (χ2v) is 4.90. The van der Waals surface area contributed by atoms with Crippen LogP contribution in [-0.4, -0.2) is 14.2 Å². The van der Waals surface area contributed by atoms with Gasteiger partial charge in [-0.05, 0) is 12.5 Å². The first-order chi connectivity index (χ1) is 7.31. The standard InChI is InChI=1S/C11H14N2OS/c1-2-3-4-5-11-12-8-10-9(13-11)6-7-15(10)14/h6-8H,2-5H2,1H3. The molecule has 0 saturated carbocycles. The Labute approximate surface area is 92.1 Å². The second-order valence-electron chi connectivity index (χ2n) is 3.59. The van der Waals surface area contributed by atoms with Gasteiger partial charge in [-0.3, -0.25) is 0 Å². The van der Waals surface area contributed by atoms with E-state index in [1.54, 1.807) is 11.6 Å². The highest BCUT2D eigenvalue weighted by molar-refractivity contribution is 7.88. The van der Waals surface area contributed by atoms with Gasteiger partial charge in [0.05, 0.1) is 21.4 Å². The molecule has 2 rings (SSSR count). The normalized spacial score (nSPS) is 18.1. The van der Waals surface area contributed by atoms with E-state index in [4.69, 9.17) is 0 Å². The number of nitrogens with zero attached hydrogens (tertiary/aromatic N) is 2. The lowest BCUT2D eigenvalue weighted by Gasteiger charge is -2.01. The largest absolute Gasteiger partial charge is 0.250 e. The molecule has 0 amide bonds. The van der Waals surface area contributed by atoms with Gasteiger partial charge < -0.3 is 0 Å². The summed E-state index contributed by atoms with van der Waals surface area (Å²) in [4.78, 5) is 9.36.